The van der Waals surface area contributed by atoms with Crippen molar-refractivity contribution in [3.8, 4) is 0 Å². The molecule has 2 rings (SSSR count). The van der Waals surface area contributed by atoms with Crippen LogP contribution in [0.25, 0.3) is 0 Å². The van der Waals surface area contributed by atoms with E-state index in [0.717, 1.165) is 11.1 Å². The number of benzene rings is 2. The first-order valence-electron chi connectivity index (χ1n) is 6.56. The molecule has 0 aliphatic heterocycles. The third-order valence-electron chi connectivity index (χ3n) is 3.00. The van der Waals surface area contributed by atoms with Gasteiger partial charge in [-0.05, 0) is 17.5 Å². The quantitative estimate of drug-likeness (QED) is 0.728. The van der Waals surface area contributed by atoms with Crippen LogP contribution in [0.5, 0.6) is 0 Å². The van der Waals surface area contributed by atoms with Crippen molar-refractivity contribution < 1.29 is 8.95 Å². The number of hydrogen-bond donors (Lipinski definition) is 0. The minimum atomic E-state index is -0.102. The molecule has 0 spiro atoms. The van der Waals surface area contributed by atoms with Gasteiger partial charge in [-0.25, -0.2) is 0 Å². The zero-order valence-electron chi connectivity index (χ0n) is 11.1. The fourth-order valence-electron chi connectivity index (χ4n) is 1.97. The molecule has 0 bridgehead atoms. The molecule has 0 amide bonds. The molecule has 0 N–H and O–H groups in total. The van der Waals surface area contributed by atoms with Crippen molar-refractivity contribution in [3.63, 3.8) is 0 Å². The molecule has 3 nitrogen and oxygen atoms in total. The fourth-order valence-corrected chi connectivity index (χ4v) is 2.30. The van der Waals surface area contributed by atoms with Crippen molar-refractivity contribution >= 4 is 11.5 Å². The Balaban J connectivity index is 1.83. The maximum Gasteiger partial charge on any atom is 0.200 e. The van der Waals surface area contributed by atoms with Gasteiger partial charge in [-0.2, -0.15) is 8.57 Å². The van der Waals surface area contributed by atoms with Crippen LogP contribution in [-0.4, -0.2) is 10.8 Å². The van der Waals surface area contributed by atoms with E-state index in [1.807, 2.05) is 60.7 Å². The van der Waals surface area contributed by atoms with Gasteiger partial charge >= 0.3 is 0 Å². The van der Waals surface area contributed by atoms with Crippen LogP contribution in [0, 0.1) is 0 Å². The number of rotatable bonds is 7. The Kier molecular flexibility index (Phi) is 6.14. The van der Waals surface area contributed by atoms with Gasteiger partial charge in [0.2, 0.25) is 0 Å². The zero-order valence-corrected chi connectivity index (χ0v) is 12.0. The molecular weight excluding hydrogens is 270 g/mol. The van der Waals surface area contributed by atoms with Crippen molar-refractivity contribution in [2.75, 3.05) is 6.61 Å². The highest BCUT2D eigenvalue weighted by molar-refractivity contribution is 7.54. The normalized spacial score (nSPS) is 11.8. The molecule has 0 saturated heterocycles. The number of ether oxygens (including phenoxy) is 1. The van der Waals surface area contributed by atoms with Gasteiger partial charge < -0.3 is 4.74 Å². The topological polar surface area (TPSA) is 38.7 Å². The summed E-state index contributed by atoms with van der Waals surface area (Å²) in [4.78, 5) is 0. The molecule has 0 aromatic heterocycles. The Labute approximate surface area is 122 Å². The SMILES string of the molecule is O=S=NC(CCOCc1ccccc1)c1ccccc1. The Morgan fingerprint density at radius 3 is 2.30 bits per heavy atom. The van der Waals surface area contributed by atoms with E-state index in [4.69, 9.17) is 4.74 Å². The molecule has 0 saturated carbocycles. The van der Waals surface area contributed by atoms with Gasteiger partial charge in [-0.3, -0.25) is 0 Å². The van der Waals surface area contributed by atoms with Crippen molar-refractivity contribution in [3.05, 3.63) is 71.8 Å². The first-order chi connectivity index (χ1) is 9.90. The van der Waals surface area contributed by atoms with Gasteiger partial charge in [0.15, 0.2) is 11.5 Å². The van der Waals surface area contributed by atoms with E-state index in [1.165, 1.54) is 0 Å². The lowest BCUT2D eigenvalue weighted by atomic mass is 10.1. The maximum atomic E-state index is 10.7. The summed E-state index contributed by atoms with van der Waals surface area (Å²) in [6.07, 6.45) is 0.714. The van der Waals surface area contributed by atoms with E-state index in [-0.39, 0.29) is 17.5 Å². The second-order valence-corrected chi connectivity index (χ2v) is 4.79. The second-order valence-electron chi connectivity index (χ2n) is 4.43. The summed E-state index contributed by atoms with van der Waals surface area (Å²) in [6, 6.07) is 19.8. The van der Waals surface area contributed by atoms with E-state index in [1.54, 1.807) is 0 Å². The number of nitrogens with zero attached hydrogens (tertiary/aromatic N) is 1. The van der Waals surface area contributed by atoms with Crippen LogP contribution in [0.4, 0.5) is 0 Å². The van der Waals surface area contributed by atoms with Crippen molar-refractivity contribution in [1.29, 1.82) is 0 Å². The van der Waals surface area contributed by atoms with Crippen molar-refractivity contribution in [2.24, 2.45) is 4.36 Å². The standard InChI is InChI=1S/C16H17NO2S/c18-20-17-16(15-9-5-2-6-10-15)11-12-19-13-14-7-3-1-4-8-14/h1-10,16H,11-13H2. The Morgan fingerprint density at radius 2 is 1.65 bits per heavy atom. The van der Waals surface area contributed by atoms with Crippen LogP contribution in [0.1, 0.15) is 23.6 Å². The first-order valence-corrected chi connectivity index (χ1v) is 7.26. The minimum absolute atomic E-state index is 0.102. The Bertz CT molecular complexity index is 553. The third kappa shape index (κ3) is 4.72. The van der Waals surface area contributed by atoms with Crippen molar-refractivity contribution in [1.82, 2.24) is 0 Å². The molecular formula is C16H17NO2S. The Hall–Kier alpha value is -1.78. The summed E-state index contributed by atoms with van der Waals surface area (Å²) in [5, 5.41) is 0. The lowest BCUT2D eigenvalue weighted by Crippen LogP contribution is -2.02. The van der Waals surface area contributed by atoms with Gasteiger partial charge in [0.1, 0.15) is 0 Å². The summed E-state index contributed by atoms with van der Waals surface area (Å²) in [5.41, 5.74) is 2.21. The summed E-state index contributed by atoms with van der Waals surface area (Å²) < 4.78 is 20.3. The largest absolute Gasteiger partial charge is 0.377 e. The minimum Gasteiger partial charge on any atom is -0.377 e. The third-order valence-corrected chi connectivity index (χ3v) is 3.34. The fraction of sp³-hybridized carbons (Fsp3) is 0.250. The smallest absolute Gasteiger partial charge is 0.200 e. The van der Waals surface area contributed by atoms with Crippen LogP contribution in [0.15, 0.2) is 65.0 Å². The monoisotopic (exact) mass is 287 g/mol. The summed E-state index contributed by atoms with van der Waals surface area (Å²) in [5.74, 6) is 0. The van der Waals surface area contributed by atoms with Gasteiger partial charge in [0.05, 0.1) is 12.6 Å². The van der Waals surface area contributed by atoms with E-state index >= 15 is 0 Å². The average Bonchev–Trinajstić information content (AvgIpc) is 2.52. The van der Waals surface area contributed by atoms with Gasteiger partial charge in [-0.15, -0.1) is 0 Å². The molecule has 1 unspecified atom stereocenters. The second kappa shape index (κ2) is 8.40. The highest BCUT2D eigenvalue weighted by Crippen LogP contribution is 2.20. The molecule has 0 fully saturated rings. The molecule has 20 heavy (non-hydrogen) atoms. The van der Waals surface area contributed by atoms with Crippen LogP contribution in [0.2, 0.25) is 0 Å². The Morgan fingerprint density at radius 1 is 1.00 bits per heavy atom. The van der Waals surface area contributed by atoms with Gasteiger partial charge in [0.25, 0.3) is 0 Å². The molecule has 0 heterocycles. The van der Waals surface area contributed by atoms with Crippen LogP contribution < -0.4 is 0 Å². The average molecular weight is 287 g/mol. The summed E-state index contributed by atoms with van der Waals surface area (Å²) in [7, 11) is 0. The molecule has 4 heteroatoms. The van der Waals surface area contributed by atoms with E-state index in [2.05, 4.69) is 4.36 Å². The van der Waals surface area contributed by atoms with Gasteiger partial charge in [-0.1, -0.05) is 60.7 Å². The molecule has 0 aliphatic rings. The molecule has 0 radical (unpaired) electrons. The molecule has 1 atom stereocenters. The first kappa shape index (κ1) is 14.6. The highest BCUT2D eigenvalue weighted by atomic mass is 32.1. The number of hydrogen-bond acceptors (Lipinski definition) is 3. The van der Waals surface area contributed by atoms with E-state index < -0.39 is 0 Å². The van der Waals surface area contributed by atoms with Gasteiger partial charge in [0, 0.05) is 6.61 Å². The zero-order chi connectivity index (χ0) is 14.0. The summed E-state index contributed by atoms with van der Waals surface area (Å²) in [6.45, 7) is 1.17. The molecule has 2 aromatic carbocycles. The van der Waals surface area contributed by atoms with E-state index in [0.29, 0.717) is 19.6 Å². The predicted octanol–water partition coefficient (Wildman–Crippen LogP) is 3.73. The molecule has 0 aliphatic carbocycles. The predicted molar refractivity (Wildman–Crippen MR) is 80.5 cm³/mol. The maximum absolute atomic E-state index is 10.7. The molecule has 104 valence electrons. The highest BCUT2D eigenvalue weighted by Gasteiger charge is 2.09. The summed E-state index contributed by atoms with van der Waals surface area (Å²) >= 11 is 0.278. The van der Waals surface area contributed by atoms with Crippen LogP contribution in [-0.2, 0) is 22.8 Å². The van der Waals surface area contributed by atoms with Crippen LogP contribution >= 0.6 is 0 Å². The lowest BCUT2D eigenvalue weighted by Gasteiger charge is -2.11. The lowest BCUT2D eigenvalue weighted by molar-refractivity contribution is 0.114. The van der Waals surface area contributed by atoms with Crippen molar-refractivity contribution in [2.45, 2.75) is 19.1 Å². The molecule has 2 aromatic rings. The van der Waals surface area contributed by atoms with E-state index in [9.17, 15) is 4.21 Å². The van der Waals surface area contributed by atoms with Crippen LogP contribution in [0.3, 0.4) is 0 Å².